The van der Waals surface area contributed by atoms with E-state index in [1.165, 1.54) is 18.2 Å². The predicted octanol–water partition coefficient (Wildman–Crippen LogP) is 4.06. The molecule has 1 saturated carbocycles. The predicted molar refractivity (Wildman–Crippen MR) is 74.5 cm³/mol. The van der Waals surface area contributed by atoms with Gasteiger partial charge in [-0.25, -0.2) is 0 Å². The second-order valence-electron chi connectivity index (χ2n) is 4.87. The van der Waals surface area contributed by atoms with Gasteiger partial charge in [-0.15, -0.1) is 0 Å². The van der Waals surface area contributed by atoms with Crippen molar-refractivity contribution < 1.29 is 22.8 Å². The number of benzene rings is 1. The number of carbonyl (C=O) groups is 1. The monoisotopic (exact) mass is 328 g/mol. The highest BCUT2D eigenvalue weighted by atomic mass is 35.5. The summed E-state index contributed by atoms with van der Waals surface area (Å²) in [6, 6.07) is 5.58. The molecule has 1 aliphatic rings. The first-order chi connectivity index (χ1) is 10.5. The summed E-state index contributed by atoms with van der Waals surface area (Å²) in [5.74, 6) is 0.430. The summed E-state index contributed by atoms with van der Waals surface area (Å²) in [7, 11) is 0. The molecule has 5 nitrogen and oxygen atoms in total. The van der Waals surface area contributed by atoms with Crippen LogP contribution in [-0.2, 0) is 0 Å². The largest absolute Gasteiger partial charge is 0.433 e. The highest BCUT2D eigenvalue weighted by Gasteiger charge is 2.28. The maximum absolute atomic E-state index is 12.1. The van der Waals surface area contributed by atoms with E-state index in [4.69, 9.17) is 16.1 Å². The average Bonchev–Trinajstić information content (AvgIpc) is 3.19. The standard InChI is InChI=1S/C14H11ClF2N2O3/c15-9-5-8(3-4-11(9)21-14(16)17)18-13(20)10-6-12(22-19-10)7-1-2-7/h3-7,14H,1-2H2,(H,18,20). The van der Waals surface area contributed by atoms with E-state index in [2.05, 4.69) is 15.2 Å². The van der Waals surface area contributed by atoms with Crippen LogP contribution in [0.25, 0.3) is 0 Å². The van der Waals surface area contributed by atoms with Gasteiger partial charge in [0, 0.05) is 17.7 Å². The summed E-state index contributed by atoms with van der Waals surface area (Å²) in [5.41, 5.74) is 0.499. The third kappa shape index (κ3) is 3.36. The molecule has 0 bridgehead atoms. The smallest absolute Gasteiger partial charge is 0.387 e. The fourth-order valence-corrected chi connectivity index (χ4v) is 2.15. The molecule has 0 aliphatic heterocycles. The average molecular weight is 329 g/mol. The van der Waals surface area contributed by atoms with Gasteiger partial charge in [-0.05, 0) is 31.0 Å². The fraction of sp³-hybridized carbons (Fsp3) is 0.286. The molecule has 1 heterocycles. The van der Waals surface area contributed by atoms with Crippen molar-refractivity contribution in [1.29, 1.82) is 0 Å². The van der Waals surface area contributed by atoms with Gasteiger partial charge in [0.25, 0.3) is 5.91 Å². The van der Waals surface area contributed by atoms with Gasteiger partial charge in [-0.1, -0.05) is 16.8 Å². The van der Waals surface area contributed by atoms with Gasteiger partial charge in [-0.3, -0.25) is 4.79 Å². The van der Waals surface area contributed by atoms with Crippen molar-refractivity contribution in [3.05, 3.63) is 40.7 Å². The van der Waals surface area contributed by atoms with Crippen molar-refractivity contribution in [2.45, 2.75) is 25.4 Å². The first-order valence-corrected chi connectivity index (χ1v) is 6.93. The minimum absolute atomic E-state index is 0.0306. The summed E-state index contributed by atoms with van der Waals surface area (Å²) in [4.78, 5) is 12.0. The molecule has 22 heavy (non-hydrogen) atoms. The van der Waals surface area contributed by atoms with Gasteiger partial charge in [-0.2, -0.15) is 8.78 Å². The molecule has 0 atom stereocenters. The number of ether oxygens (including phenoxy) is 1. The fourth-order valence-electron chi connectivity index (χ4n) is 1.92. The Balaban J connectivity index is 1.68. The molecule has 0 unspecified atom stereocenters. The van der Waals surface area contributed by atoms with Crippen LogP contribution in [0.4, 0.5) is 14.5 Å². The van der Waals surface area contributed by atoms with Crippen LogP contribution in [0.15, 0.2) is 28.8 Å². The summed E-state index contributed by atoms with van der Waals surface area (Å²) >= 11 is 5.81. The number of halogens is 3. The topological polar surface area (TPSA) is 64.4 Å². The van der Waals surface area contributed by atoms with Crippen LogP contribution in [0.5, 0.6) is 5.75 Å². The Morgan fingerprint density at radius 2 is 2.18 bits per heavy atom. The Morgan fingerprint density at radius 3 is 2.82 bits per heavy atom. The first-order valence-electron chi connectivity index (χ1n) is 6.55. The third-order valence-corrected chi connectivity index (χ3v) is 3.44. The highest BCUT2D eigenvalue weighted by molar-refractivity contribution is 6.32. The van der Waals surface area contributed by atoms with E-state index >= 15 is 0 Å². The van der Waals surface area contributed by atoms with Gasteiger partial charge in [0.1, 0.15) is 11.5 Å². The van der Waals surface area contributed by atoms with E-state index in [1.807, 2.05) is 0 Å². The number of anilines is 1. The first kappa shape index (κ1) is 14.8. The van der Waals surface area contributed by atoms with Crippen LogP contribution >= 0.6 is 11.6 Å². The summed E-state index contributed by atoms with van der Waals surface area (Å²) in [6.45, 7) is -2.96. The van der Waals surface area contributed by atoms with Crippen LogP contribution in [0.3, 0.4) is 0 Å². The number of amides is 1. The molecule has 116 valence electrons. The maximum atomic E-state index is 12.1. The third-order valence-electron chi connectivity index (χ3n) is 3.15. The minimum atomic E-state index is -2.96. The zero-order valence-corrected chi connectivity index (χ0v) is 11.9. The quantitative estimate of drug-likeness (QED) is 0.899. The zero-order valence-electron chi connectivity index (χ0n) is 11.2. The Morgan fingerprint density at radius 1 is 1.41 bits per heavy atom. The van der Waals surface area contributed by atoms with Gasteiger partial charge >= 0.3 is 6.61 Å². The number of nitrogens with zero attached hydrogens (tertiary/aromatic N) is 1. The van der Waals surface area contributed by atoms with Crippen LogP contribution < -0.4 is 10.1 Å². The van der Waals surface area contributed by atoms with Crippen molar-refractivity contribution in [2.24, 2.45) is 0 Å². The second kappa shape index (κ2) is 5.92. The summed E-state index contributed by atoms with van der Waals surface area (Å²) in [6.07, 6.45) is 2.08. The van der Waals surface area contributed by atoms with Crippen molar-refractivity contribution in [1.82, 2.24) is 5.16 Å². The number of rotatable bonds is 5. The van der Waals surface area contributed by atoms with Crippen molar-refractivity contribution >= 4 is 23.2 Å². The summed E-state index contributed by atoms with van der Waals surface area (Å²) in [5, 5.41) is 6.24. The Kier molecular flexibility index (Phi) is 3.98. The molecular weight excluding hydrogens is 318 g/mol. The van der Waals surface area contributed by atoms with Crippen molar-refractivity contribution in [3.8, 4) is 5.75 Å². The Hall–Kier alpha value is -2.15. The highest BCUT2D eigenvalue weighted by Crippen LogP contribution is 2.40. The lowest BCUT2D eigenvalue weighted by Gasteiger charge is -2.08. The van der Waals surface area contributed by atoms with E-state index in [1.54, 1.807) is 6.07 Å². The molecule has 0 saturated heterocycles. The van der Waals surface area contributed by atoms with Crippen LogP contribution in [0.1, 0.15) is 35.0 Å². The molecule has 3 rings (SSSR count). The Bertz CT molecular complexity index is 701. The van der Waals surface area contributed by atoms with Gasteiger partial charge < -0.3 is 14.6 Å². The molecule has 1 amide bonds. The lowest BCUT2D eigenvalue weighted by atomic mass is 10.2. The molecule has 1 aliphatic carbocycles. The Labute approximate surface area is 129 Å². The number of aromatic nitrogens is 1. The molecule has 8 heteroatoms. The number of nitrogens with one attached hydrogen (secondary N) is 1. The molecule has 0 spiro atoms. The van der Waals surface area contributed by atoms with Gasteiger partial charge in [0.15, 0.2) is 5.69 Å². The number of alkyl halides is 2. The van der Waals surface area contributed by atoms with E-state index in [0.717, 1.165) is 12.8 Å². The molecule has 0 radical (unpaired) electrons. The lowest BCUT2D eigenvalue weighted by molar-refractivity contribution is -0.0497. The minimum Gasteiger partial charge on any atom is -0.433 e. The molecular formula is C14H11ClF2N2O3. The van der Waals surface area contributed by atoms with Crippen molar-refractivity contribution in [3.63, 3.8) is 0 Å². The van der Waals surface area contributed by atoms with Gasteiger partial charge in [0.2, 0.25) is 0 Å². The second-order valence-corrected chi connectivity index (χ2v) is 5.27. The van der Waals surface area contributed by atoms with Crippen LogP contribution in [0.2, 0.25) is 5.02 Å². The normalized spacial score (nSPS) is 14.2. The number of hydrogen-bond donors (Lipinski definition) is 1. The molecule has 1 fully saturated rings. The molecule has 1 N–H and O–H groups in total. The van der Waals surface area contributed by atoms with E-state index in [9.17, 15) is 13.6 Å². The number of hydrogen-bond acceptors (Lipinski definition) is 4. The molecule has 1 aromatic heterocycles. The molecule has 2 aromatic rings. The van der Waals surface area contributed by atoms with E-state index < -0.39 is 12.5 Å². The summed E-state index contributed by atoms with van der Waals surface area (Å²) < 4.78 is 33.6. The maximum Gasteiger partial charge on any atom is 0.387 e. The van der Waals surface area contributed by atoms with Gasteiger partial charge in [0.05, 0.1) is 5.02 Å². The molecule has 1 aromatic carbocycles. The SMILES string of the molecule is O=C(Nc1ccc(OC(F)F)c(Cl)c1)c1cc(C2CC2)on1. The van der Waals surface area contributed by atoms with Crippen LogP contribution in [-0.4, -0.2) is 17.7 Å². The van der Waals surface area contributed by atoms with E-state index in [-0.39, 0.29) is 16.5 Å². The van der Waals surface area contributed by atoms with E-state index in [0.29, 0.717) is 17.4 Å². The number of carbonyl (C=O) groups excluding carboxylic acids is 1. The van der Waals surface area contributed by atoms with Crippen molar-refractivity contribution in [2.75, 3.05) is 5.32 Å². The lowest BCUT2D eigenvalue weighted by Crippen LogP contribution is -2.12. The van der Waals surface area contributed by atoms with Crippen LogP contribution in [0, 0.1) is 0 Å². The zero-order chi connectivity index (χ0) is 15.7.